The summed E-state index contributed by atoms with van der Waals surface area (Å²) in [6, 6.07) is 10.4. The van der Waals surface area contributed by atoms with Gasteiger partial charge in [-0.05, 0) is 43.4 Å². The van der Waals surface area contributed by atoms with Gasteiger partial charge in [0.1, 0.15) is 6.54 Å². The normalized spacial score (nSPS) is 14.7. The molecule has 2 aromatic rings. The van der Waals surface area contributed by atoms with Gasteiger partial charge in [-0.1, -0.05) is 23.8 Å². The van der Waals surface area contributed by atoms with Crippen LogP contribution in [0.5, 0.6) is 0 Å². The number of benzene rings is 2. The molecule has 1 heterocycles. The Bertz CT molecular complexity index is 932. The van der Waals surface area contributed by atoms with Crippen molar-refractivity contribution in [3.8, 4) is 0 Å². The molecule has 0 spiro atoms. The highest BCUT2D eigenvalue weighted by molar-refractivity contribution is 7.81. The highest BCUT2D eigenvalue weighted by Gasteiger charge is 2.38. The van der Waals surface area contributed by atoms with Crippen LogP contribution in [0.15, 0.2) is 42.5 Å². The zero-order valence-corrected chi connectivity index (χ0v) is 14.4. The van der Waals surface area contributed by atoms with E-state index in [2.05, 4.69) is 4.85 Å². The second-order valence-corrected chi connectivity index (χ2v) is 6.11. The Balaban J connectivity index is 2.00. The van der Waals surface area contributed by atoms with Gasteiger partial charge in [0.2, 0.25) is 0 Å². The molecule has 1 aliphatic heterocycles. The van der Waals surface area contributed by atoms with E-state index in [0.29, 0.717) is 5.69 Å². The number of hydrogen-bond acceptors (Lipinski definition) is 2. The molecule has 2 aromatic carbocycles. The Hall–Kier alpha value is -2.92. The molecule has 0 atom stereocenters. The number of nitrogens with zero attached hydrogens (tertiary/aromatic N) is 3. The minimum atomic E-state index is -4.70. The number of rotatable bonds is 2. The van der Waals surface area contributed by atoms with Crippen LogP contribution in [0.4, 0.5) is 30.2 Å². The van der Waals surface area contributed by atoms with Gasteiger partial charge in [0.15, 0.2) is 10.8 Å². The Morgan fingerprint density at radius 2 is 1.73 bits per heavy atom. The van der Waals surface area contributed by atoms with E-state index in [1.807, 2.05) is 19.1 Å². The minimum Gasteiger partial charge on any atom is -0.309 e. The molecule has 0 N–H and O–H groups in total. The van der Waals surface area contributed by atoms with Crippen LogP contribution >= 0.6 is 12.2 Å². The molecule has 26 heavy (non-hydrogen) atoms. The fourth-order valence-corrected chi connectivity index (χ4v) is 3.05. The summed E-state index contributed by atoms with van der Waals surface area (Å²) in [7, 11) is 0. The van der Waals surface area contributed by atoms with E-state index < -0.39 is 23.3 Å². The Morgan fingerprint density at radius 1 is 1.12 bits per heavy atom. The highest BCUT2D eigenvalue weighted by atomic mass is 32.1. The third-order valence-electron chi connectivity index (χ3n) is 3.97. The highest BCUT2D eigenvalue weighted by Crippen LogP contribution is 2.39. The van der Waals surface area contributed by atoms with Gasteiger partial charge >= 0.3 is 6.18 Å². The van der Waals surface area contributed by atoms with Gasteiger partial charge in [-0.25, -0.2) is 4.85 Å². The van der Waals surface area contributed by atoms with Gasteiger partial charge in [0.25, 0.3) is 5.91 Å². The molecule has 4 nitrogen and oxygen atoms in total. The first-order valence-corrected chi connectivity index (χ1v) is 7.93. The van der Waals surface area contributed by atoms with Crippen LogP contribution in [0.2, 0.25) is 0 Å². The summed E-state index contributed by atoms with van der Waals surface area (Å²) in [6.45, 7) is 8.75. The van der Waals surface area contributed by atoms with Gasteiger partial charge in [-0.3, -0.25) is 9.69 Å². The Kier molecular flexibility index (Phi) is 4.42. The third-order valence-corrected chi connectivity index (χ3v) is 4.38. The summed E-state index contributed by atoms with van der Waals surface area (Å²) >= 11 is 5.32. The number of carbonyl (C=O) groups is 1. The summed E-state index contributed by atoms with van der Waals surface area (Å²) < 4.78 is 39.6. The van der Waals surface area contributed by atoms with Crippen molar-refractivity contribution in [1.29, 1.82) is 0 Å². The van der Waals surface area contributed by atoms with E-state index in [0.717, 1.165) is 22.6 Å². The van der Waals surface area contributed by atoms with Crippen molar-refractivity contribution in [2.24, 2.45) is 0 Å². The number of amides is 1. The van der Waals surface area contributed by atoms with Crippen molar-refractivity contribution in [2.45, 2.75) is 13.1 Å². The topological polar surface area (TPSA) is 27.9 Å². The lowest BCUT2D eigenvalue weighted by atomic mass is 10.1. The first-order chi connectivity index (χ1) is 12.2. The number of aryl methyl sites for hydroxylation is 1. The number of alkyl halides is 3. The largest absolute Gasteiger partial charge is 0.407 e. The van der Waals surface area contributed by atoms with E-state index >= 15 is 0 Å². The smallest absolute Gasteiger partial charge is 0.309 e. The number of carbonyl (C=O) groups excluding carboxylic acids is 1. The maximum absolute atomic E-state index is 13.2. The van der Waals surface area contributed by atoms with Gasteiger partial charge in [-0.15, -0.1) is 0 Å². The van der Waals surface area contributed by atoms with Gasteiger partial charge in [0.05, 0.1) is 12.1 Å². The van der Waals surface area contributed by atoms with E-state index in [4.69, 9.17) is 18.8 Å². The van der Waals surface area contributed by atoms with Crippen molar-refractivity contribution in [3.63, 3.8) is 0 Å². The first-order valence-electron chi connectivity index (χ1n) is 7.52. The van der Waals surface area contributed by atoms with E-state index in [-0.39, 0.29) is 17.3 Å². The van der Waals surface area contributed by atoms with Gasteiger partial charge < -0.3 is 4.90 Å². The van der Waals surface area contributed by atoms with E-state index in [1.54, 1.807) is 17.0 Å². The second-order valence-electron chi connectivity index (χ2n) is 5.74. The van der Waals surface area contributed by atoms with Crippen LogP contribution < -0.4 is 9.80 Å². The predicted octanol–water partition coefficient (Wildman–Crippen LogP) is 4.70. The molecule has 1 fully saturated rings. The molecule has 1 amide bonds. The minimum absolute atomic E-state index is 0.00524. The fourth-order valence-electron chi connectivity index (χ4n) is 2.67. The lowest BCUT2D eigenvalue weighted by Crippen LogP contribution is -2.32. The van der Waals surface area contributed by atoms with Crippen LogP contribution in [0, 0.1) is 13.5 Å². The Morgan fingerprint density at radius 3 is 2.31 bits per heavy atom. The van der Waals surface area contributed by atoms with Gasteiger partial charge in [-0.2, -0.15) is 13.2 Å². The van der Waals surface area contributed by atoms with Crippen LogP contribution in [-0.2, 0) is 11.0 Å². The van der Waals surface area contributed by atoms with Crippen molar-refractivity contribution < 1.29 is 18.0 Å². The van der Waals surface area contributed by atoms with Gasteiger partial charge in [0, 0.05) is 11.4 Å². The maximum Gasteiger partial charge on any atom is 0.407 e. The van der Waals surface area contributed by atoms with E-state index in [9.17, 15) is 18.0 Å². The molecule has 1 saturated heterocycles. The lowest BCUT2D eigenvalue weighted by Gasteiger charge is -2.21. The summed E-state index contributed by atoms with van der Waals surface area (Å²) in [5, 5.41) is 0.0996. The molecule has 132 valence electrons. The van der Waals surface area contributed by atoms with Crippen molar-refractivity contribution >= 4 is 40.3 Å². The van der Waals surface area contributed by atoms with Crippen LogP contribution in [-0.4, -0.2) is 17.6 Å². The molecule has 0 radical (unpaired) electrons. The first kappa shape index (κ1) is 17.9. The maximum atomic E-state index is 13.2. The molecule has 8 heteroatoms. The third kappa shape index (κ3) is 3.13. The summed E-state index contributed by atoms with van der Waals surface area (Å²) in [4.78, 5) is 17.9. The average molecular weight is 375 g/mol. The number of halogens is 3. The summed E-state index contributed by atoms with van der Waals surface area (Å²) in [6.07, 6.45) is -4.70. The molecule has 0 aromatic heterocycles. The monoisotopic (exact) mass is 375 g/mol. The molecule has 0 bridgehead atoms. The molecular formula is C18H12F3N3OS. The molecule has 3 rings (SSSR count). The molecule has 0 saturated carbocycles. The van der Waals surface area contributed by atoms with Crippen molar-refractivity contribution in [2.75, 3.05) is 16.3 Å². The van der Waals surface area contributed by atoms with E-state index in [1.165, 1.54) is 6.07 Å². The second kappa shape index (κ2) is 6.42. The summed E-state index contributed by atoms with van der Waals surface area (Å²) in [5.41, 5.74) is 0.106. The quantitative estimate of drug-likeness (QED) is 0.562. The number of anilines is 2. The lowest BCUT2D eigenvalue weighted by molar-refractivity contribution is -0.136. The average Bonchev–Trinajstić information content (AvgIpc) is 2.89. The molecule has 0 unspecified atom stereocenters. The van der Waals surface area contributed by atoms with Crippen LogP contribution in [0.1, 0.15) is 11.1 Å². The molecule has 1 aliphatic rings. The Labute approximate surface area is 153 Å². The standard InChI is InChI=1S/C18H12F3N3OS/c1-11-3-5-12(6-4-11)23-10-16(25)24(17(23)26)13-7-8-15(22-2)14(9-13)18(19,20)21/h3-9H,10H2,1H3. The van der Waals surface area contributed by atoms with Crippen molar-refractivity contribution in [1.82, 2.24) is 0 Å². The summed E-state index contributed by atoms with van der Waals surface area (Å²) in [5.74, 6) is -0.431. The van der Waals surface area contributed by atoms with Crippen molar-refractivity contribution in [3.05, 3.63) is 65.0 Å². The number of hydrogen-bond donors (Lipinski definition) is 0. The zero-order valence-electron chi connectivity index (χ0n) is 13.5. The fraction of sp³-hybridized carbons (Fsp3) is 0.167. The molecular weight excluding hydrogens is 363 g/mol. The predicted molar refractivity (Wildman–Crippen MR) is 96.3 cm³/mol. The van der Waals surface area contributed by atoms with Crippen LogP contribution in [0.3, 0.4) is 0 Å². The van der Waals surface area contributed by atoms with Crippen LogP contribution in [0.25, 0.3) is 4.85 Å². The molecule has 0 aliphatic carbocycles. The number of thiocarbonyl (C=S) groups is 1. The zero-order chi connectivity index (χ0) is 19.1. The SMILES string of the molecule is [C-]#[N+]c1ccc(N2C(=O)CN(c3ccc(C)cc3)C2=S)cc1C(F)(F)F.